The maximum absolute atomic E-state index is 9.94. The van der Waals surface area contributed by atoms with E-state index in [4.69, 9.17) is 21.9 Å². The standard InChI is InChI=1S/C46H30/c1-2-14-33(15-3-1)45-40-21-6-8-23-42(40)46(43-24-9-7-22-41(43)45)36-19-10-18-34(29-36)39-26-12-17-32-27-28-35(30-44(32)39)38-25-11-16-31-13-4-5-20-37(31)38/h1-30H/i1D,2D,3D,4D,5D,6D,7D,8D,9D,10D,11D,13D,14D,15D,16D,18D,19D,20D,21D,22D,23D,24D,25D,29D. The van der Waals surface area contributed by atoms with Crippen molar-refractivity contribution in [1.29, 1.82) is 0 Å². The highest BCUT2D eigenvalue weighted by Crippen LogP contribution is 2.44. The minimum atomic E-state index is -0.894. The van der Waals surface area contributed by atoms with Gasteiger partial charge in [-0.1, -0.05) is 169 Å². The Morgan fingerprint density at radius 1 is 0.326 bits per heavy atom. The number of hydrogen-bond donors (Lipinski definition) is 0. The van der Waals surface area contributed by atoms with E-state index in [2.05, 4.69) is 0 Å². The van der Waals surface area contributed by atoms with Gasteiger partial charge in [0.1, 0.15) is 0 Å². The van der Waals surface area contributed by atoms with Gasteiger partial charge < -0.3 is 0 Å². The average Bonchev–Trinajstić information content (AvgIpc) is 3.34. The molecule has 0 saturated heterocycles. The van der Waals surface area contributed by atoms with Crippen LogP contribution in [0.2, 0.25) is 0 Å². The van der Waals surface area contributed by atoms with Crippen molar-refractivity contribution in [3.05, 3.63) is 181 Å². The second-order valence-electron chi connectivity index (χ2n) is 10.2. The van der Waals surface area contributed by atoms with Crippen LogP contribution in [0.1, 0.15) is 32.9 Å². The molecule has 9 aromatic rings. The van der Waals surface area contributed by atoms with Crippen LogP contribution in [-0.2, 0) is 0 Å². The Morgan fingerprint density at radius 2 is 0.891 bits per heavy atom. The third-order valence-electron chi connectivity index (χ3n) is 7.75. The van der Waals surface area contributed by atoms with Crippen LogP contribution in [0.5, 0.6) is 0 Å². The lowest BCUT2D eigenvalue weighted by Crippen LogP contribution is -1.91. The molecule has 0 nitrogen and oxygen atoms in total. The largest absolute Gasteiger partial charge is 0.0636 e. The van der Waals surface area contributed by atoms with Gasteiger partial charge in [0.25, 0.3) is 0 Å². The topological polar surface area (TPSA) is 0 Å². The lowest BCUT2D eigenvalue weighted by molar-refractivity contribution is 1.62. The molecule has 0 heterocycles. The van der Waals surface area contributed by atoms with Crippen LogP contribution in [0.25, 0.3) is 87.6 Å². The molecule has 46 heavy (non-hydrogen) atoms. The molecule has 0 spiro atoms. The lowest BCUT2D eigenvalue weighted by atomic mass is 9.85. The third-order valence-corrected chi connectivity index (χ3v) is 7.75. The van der Waals surface area contributed by atoms with E-state index in [1.165, 1.54) is 18.2 Å². The molecule has 214 valence electrons. The Bertz CT molecular complexity index is 3820. The van der Waals surface area contributed by atoms with Crippen LogP contribution < -0.4 is 0 Å². The predicted molar refractivity (Wildman–Crippen MR) is 198 cm³/mol. The number of hydrogen-bond acceptors (Lipinski definition) is 0. The average molecular weight is 607 g/mol. The maximum atomic E-state index is 9.94. The van der Waals surface area contributed by atoms with Gasteiger partial charge in [0.05, 0.1) is 32.9 Å². The van der Waals surface area contributed by atoms with Gasteiger partial charge in [-0.3, -0.25) is 0 Å². The molecule has 9 aromatic carbocycles. The van der Waals surface area contributed by atoms with E-state index < -0.39 is 189 Å². The first-order valence-electron chi connectivity index (χ1n) is 26.0. The number of fused-ring (bicyclic) bond motifs is 4. The Balaban J connectivity index is 1.49. The monoisotopic (exact) mass is 606 g/mol. The van der Waals surface area contributed by atoms with E-state index in [9.17, 15) is 11.0 Å². The fourth-order valence-electron chi connectivity index (χ4n) is 5.78. The fourth-order valence-corrected chi connectivity index (χ4v) is 5.78. The maximum Gasteiger partial charge on any atom is 0.0636 e. The summed E-state index contributed by atoms with van der Waals surface area (Å²) < 4.78 is 213. The molecular formula is C46H30. The molecular weight excluding hydrogens is 553 g/mol. The molecule has 0 amide bonds. The Kier molecular flexibility index (Phi) is 2.78. The molecule has 0 N–H and O–H groups in total. The van der Waals surface area contributed by atoms with Gasteiger partial charge in [-0.05, 0) is 99.7 Å². The van der Waals surface area contributed by atoms with E-state index in [-0.39, 0.29) is 38.4 Å². The Hall–Kier alpha value is -5.98. The van der Waals surface area contributed by atoms with Crippen molar-refractivity contribution in [2.24, 2.45) is 0 Å². The highest BCUT2D eigenvalue weighted by Gasteiger charge is 2.17. The quantitative estimate of drug-likeness (QED) is 0.175. The Morgan fingerprint density at radius 3 is 1.63 bits per heavy atom. The van der Waals surface area contributed by atoms with E-state index >= 15 is 0 Å². The van der Waals surface area contributed by atoms with Crippen molar-refractivity contribution in [1.82, 2.24) is 0 Å². The molecule has 9 rings (SSSR count). The molecule has 0 aliphatic heterocycles. The molecule has 0 saturated carbocycles. The molecule has 0 aliphatic carbocycles. The van der Waals surface area contributed by atoms with E-state index in [1.54, 1.807) is 18.2 Å². The first-order valence-corrected chi connectivity index (χ1v) is 14.0. The summed E-state index contributed by atoms with van der Waals surface area (Å²) in [6, 6.07) is -9.68. The van der Waals surface area contributed by atoms with Gasteiger partial charge in [-0.15, -0.1) is 0 Å². The summed E-state index contributed by atoms with van der Waals surface area (Å²) in [6.07, 6.45) is 0. The van der Waals surface area contributed by atoms with Crippen molar-refractivity contribution in [2.75, 3.05) is 0 Å². The minimum absolute atomic E-state index is 0.0261. The first kappa shape index (κ1) is 11.7. The third kappa shape index (κ3) is 4.30. The summed E-state index contributed by atoms with van der Waals surface area (Å²) in [5, 5.41) is -2.29. The van der Waals surface area contributed by atoms with Crippen LogP contribution in [0.3, 0.4) is 0 Å². The highest BCUT2D eigenvalue weighted by atomic mass is 14.2. The summed E-state index contributed by atoms with van der Waals surface area (Å²) in [7, 11) is 0. The smallest absolute Gasteiger partial charge is 0.0622 e. The number of benzene rings is 9. The second kappa shape index (κ2) is 10.9. The zero-order valence-corrected chi connectivity index (χ0v) is 23.5. The Labute approximate surface area is 302 Å². The van der Waals surface area contributed by atoms with E-state index in [0.29, 0.717) is 5.39 Å². The normalized spacial score (nSPS) is 18.8. The van der Waals surface area contributed by atoms with Crippen LogP contribution in [-0.4, -0.2) is 0 Å². The van der Waals surface area contributed by atoms with E-state index in [0.717, 1.165) is 0 Å². The van der Waals surface area contributed by atoms with Crippen LogP contribution in [0.15, 0.2) is 181 Å². The van der Waals surface area contributed by atoms with Gasteiger partial charge in [0.2, 0.25) is 0 Å². The molecule has 0 heteroatoms. The van der Waals surface area contributed by atoms with Gasteiger partial charge in [-0.2, -0.15) is 0 Å². The first-order chi connectivity index (χ1) is 32.8. The second-order valence-corrected chi connectivity index (χ2v) is 10.2. The van der Waals surface area contributed by atoms with Crippen molar-refractivity contribution >= 4 is 43.1 Å². The minimum Gasteiger partial charge on any atom is -0.0622 e. The van der Waals surface area contributed by atoms with Crippen LogP contribution in [0.4, 0.5) is 0 Å². The lowest BCUT2D eigenvalue weighted by Gasteiger charge is -2.18. The van der Waals surface area contributed by atoms with Gasteiger partial charge in [-0.25, -0.2) is 0 Å². The molecule has 0 bridgehead atoms. The molecule has 0 aliphatic rings. The van der Waals surface area contributed by atoms with Crippen molar-refractivity contribution < 1.29 is 32.9 Å². The summed E-state index contributed by atoms with van der Waals surface area (Å²) in [4.78, 5) is 0. The molecule has 0 unspecified atom stereocenters. The highest BCUT2D eigenvalue weighted by molar-refractivity contribution is 6.21. The molecule has 0 radical (unpaired) electrons. The van der Waals surface area contributed by atoms with Crippen molar-refractivity contribution in [2.45, 2.75) is 0 Å². The summed E-state index contributed by atoms with van der Waals surface area (Å²) in [5.74, 6) is 0. The zero-order valence-electron chi connectivity index (χ0n) is 47.5. The van der Waals surface area contributed by atoms with Gasteiger partial charge in [0, 0.05) is 0 Å². The predicted octanol–water partition coefficient (Wildman–Crippen LogP) is 13.0. The van der Waals surface area contributed by atoms with Crippen molar-refractivity contribution in [3.8, 4) is 44.5 Å². The summed E-state index contributed by atoms with van der Waals surface area (Å²) >= 11 is 0. The van der Waals surface area contributed by atoms with E-state index in [1.807, 2.05) is 0 Å². The van der Waals surface area contributed by atoms with Gasteiger partial charge in [0.15, 0.2) is 0 Å². The van der Waals surface area contributed by atoms with Crippen LogP contribution in [0, 0.1) is 0 Å². The van der Waals surface area contributed by atoms with Crippen molar-refractivity contribution in [3.63, 3.8) is 0 Å². The molecule has 0 atom stereocenters. The fraction of sp³-hybridized carbons (Fsp3) is 0. The molecule has 0 aromatic heterocycles. The summed E-state index contributed by atoms with van der Waals surface area (Å²) in [6.45, 7) is 0. The number of rotatable bonds is 4. The van der Waals surface area contributed by atoms with Gasteiger partial charge >= 0.3 is 0 Å². The molecule has 0 fully saturated rings. The van der Waals surface area contributed by atoms with Crippen LogP contribution >= 0.6 is 0 Å². The zero-order chi connectivity index (χ0) is 51.3. The summed E-state index contributed by atoms with van der Waals surface area (Å²) in [5.41, 5.74) is -2.85. The SMILES string of the molecule is [2H]c1c([2H])c([2H])c(-c2c3c([2H])c([2H])c([2H])c([2H])c3c(-c3c([2H])c([2H])c([2H])c(-c4cccc5ccc(-c6c([2H])c([2H])c([2H])c7c([2H])c([2H])c([2H])c([2H])c67)cc45)c3[2H])c3c([2H])c([2H])c([2H])c([2H])c23)c([2H])c1[2H].